The molecule has 106 valence electrons. The van der Waals surface area contributed by atoms with E-state index in [0.717, 1.165) is 25.0 Å². The molecule has 0 radical (unpaired) electrons. The van der Waals surface area contributed by atoms with E-state index in [1.807, 2.05) is 0 Å². The zero-order chi connectivity index (χ0) is 13.5. The highest BCUT2D eigenvalue weighted by Gasteiger charge is 2.14. The summed E-state index contributed by atoms with van der Waals surface area (Å²) in [4.78, 5) is 0. The van der Waals surface area contributed by atoms with Crippen molar-refractivity contribution in [2.45, 2.75) is 44.8 Å². The number of hydrogen-bond donors (Lipinski definition) is 1. The second-order valence-corrected chi connectivity index (χ2v) is 5.23. The first-order valence-electron chi connectivity index (χ1n) is 7.33. The molecule has 2 N–H and O–H groups in total. The fourth-order valence-corrected chi connectivity index (χ4v) is 2.36. The van der Waals surface area contributed by atoms with Crippen molar-refractivity contribution in [2.24, 2.45) is 5.73 Å². The minimum Gasteiger partial charge on any atom is -0.377 e. The quantitative estimate of drug-likeness (QED) is 0.858. The highest BCUT2D eigenvalue weighted by molar-refractivity contribution is 5.24. The second kappa shape index (κ2) is 7.63. The highest BCUT2D eigenvalue weighted by Crippen LogP contribution is 2.15. The van der Waals surface area contributed by atoms with E-state index in [4.69, 9.17) is 15.2 Å². The molecule has 0 amide bonds. The van der Waals surface area contributed by atoms with Gasteiger partial charge in [-0.2, -0.15) is 0 Å². The zero-order valence-electron chi connectivity index (χ0n) is 11.8. The lowest BCUT2D eigenvalue weighted by molar-refractivity contribution is -0.0428. The highest BCUT2D eigenvalue weighted by atomic mass is 16.5. The Morgan fingerprint density at radius 3 is 2.74 bits per heavy atom. The van der Waals surface area contributed by atoms with Gasteiger partial charge >= 0.3 is 0 Å². The number of benzene rings is 1. The minimum atomic E-state index is -0.0468. The monoisotopic (exact) mass is 263 g/mol. The molecule has 2 atom stereocenters. The van der Waals surface area contributed by atoms with Gasteiger partial charge in [0.25, 0.3) is 0 Å². The summed E-state index contributed by atoms with van der Waals surface area (Å²) in [7, 11) is 0. The van der Waals surface area contributed by atoms with Crippen LogP contribution >= 0.6 is 0 Å². The normalized spacial score (nSPS) is 21.3. The van der Waals surface area contributed by atoms with Crippen LogP contribution in [0, 0.1) is 0 Å². The maximum atomic E-state index is 6.14. The Morgan fingerprint density at radius 1 is 1.32 bits per heavy atom. The fourth-order valence-electron chi connectivity index (χ4n) is 2.36. The largest absolute Gasteiger partial charge is 0.377 e. The van der Waals surface area contributed by atoms with E-state index in [1.165, 1.54) is 18.4 Å². The topological polar surface area (TPSA) is 44.5 Å². The molecule has 0 aliphatic carbocycles. The molecule has 1 aromatic rings. The van der Waals surface area contributed by atoms with Gasteiger partial charge in [-0.25, -0.2) is 0 Å². The third-order valence-corrected chi connectivity index (χ3v) is 3.69. The van der Waals surface area contributed by atoms with Crippen molar-refractivity contribution in [2.75, 3.05) is 19.8 Å². The molecule has 1 aliphatic heterocycles. The van der Waals surface area contributed by atoms with Crippen molar-refractivity contribution in [1.82, 2.24) is 0 Å². The van der Waals surface area contributed by atoms with Crippen LogP contribution in [-0.2, 0) is 15.9 Å². The van der Waals surface area contributed by atoms with Gasteiger partial charge in [0.1, 0.15) is 0 Å². The average Bonchev–Trinajstić information content (AvgIpc) is 2.48. The lowest BCUT2D eigenvalue weighted by atomic mass is 10.1. The minimum absolute atomic E-state index is 0.0468. The van der Waals surface area contributed by atoms with E-state index in [1.54, 1.807) is 0 Å². The molecule has 2 unspecified atom stereocenters. The molecule has 19 heavy (non-hydrogen) atoms. The number of rotatable bonds is 6. The molecule has 1 aliphatic rings. The molecule has 0 spiro atoms. The SMILES string of the molecule is CCc1ccc(C(N)COCC2CCCCO2)cc1. The first-order chi connectivity index (χ1) is 9.29. The summed E-state index contributed by atoms with van der Waals surface area (Å²) in [5, 5.41) is 0. The molecule has 1 fully saturated rings. The van der Waals surface area contributed by atoms with Crippen LogP contribution in [0.15, 0.2) is 24.3 Å². The summed E-state index contributed by atoms with van der Waals surface area (Å²) in [5.41, 5.74) is 8.62. The Balaban J connectivity index is 1.72. The van der Waals surface area contributed by atoms with E-state index >= 15 is 0 Å². The van der Waals surface area contributed by atoms with Crippen molar-refractivity contribution >= 4 is 0 Å². The van der Waals surface area contributed by atoms with Crippen LogP contribution in [0.5, 0.6) is 0 Å². The van der Waals surface area contributed by atoms with E-state index in [-0.39, 0.29) is 12.1 Å². The number of ether oxygens (including phenoxy) is 2. The summed E-state index contributed by atoms with van der Waals surface area (Å²) < 4.78 is 11.3. The van der Waals surface area contributed by atoms with E-state index in [9.17, 15) is 0 Å². The van der Waals surface area contributed by atoms with Crippen LogP contribution in [0.4, 0.5) is 0 Å². The summed E-state index contributed by atoms with van der Waals surface area (Å²) in [5.74, 6) is 0. The van der Waals surface area contributed by atoms with Crippen LogP contribution in [0.2, 0.25) is 0 Å². The van der Waals surface area contributed by atoms with Gasteiger partial charge in [0.2, 0.25) is 0 Å². The molecule has 3 nitrogen and oxygen atoms in total. The van der Waals surface area contributed by atoms with Crippen LogP contribution in [-0.4, -0.2) is 25.9 Å². The standard InChI is InChI=1S/C16H25NO2/c1-2-13-6-8-14(9-7-13)16(17)12-18-11-15-5-3-4-10-19-15/h6-9,15-16H,2-5,10-12,17H2,1H3. The van der Waals surface area contributed by atoms with Gasteiger partial charge in [0, 0.05) is 6.61 Å². The van der Waals surface area contributed by atoms with Crippen molar-refractivity contribution in [3.63, 3.8) is 0 Å². The lowest BCUT2D eigenvalue weighted by Gasteiger charge is -2.23. The molecule has 1 aromatic carbocycles. The Hall–Kier alpha value is -0.900. The maximum Gasteiger partial charge on any atom is 0.0808 e. The van der Waals surface area contributed by atoms with E-state index in [0.29, 0.717) is 13.2 Å². The molecular weight excluding hydrogens is 238 g/mol. The third kappa shape index (κ3) is 4.60. The number of nitrogens with two attached hydrogens (primary N) is 1. The molecule has 0 bridgehead atoms. The van der Waals surface area contributed by atoms with Crippen molar-refractivity contribution in [3.05, 3.63) is 35.4 Å². The Kier molecular flexibility index (Phi) is 5.83. The number of aryl methyl sites for hydroxylation is 1. The van der Waals surface area contributed by atoms with Gasteiger partial charge in [-0.1, -0.05) is 31.2 Å². The fraction of sp³-hybridized carbons (Fsp3) is 0.625. The molecule has 3 heteroatoms. The summed E-state index contributed by atoms with van der Waals surface area (Å²) in [6, 6.07) is 8.43. The molecular formula is C16H25NO2. The summed E-state index contributed by atoms with van der Waals surface area (Å²) in [6.45, 7) is 4.26. The lowest BCUT2D eigenvalue weighted by Crippen LogP contribution is -2.26. The summed E-state index contributed by atoms with van der Waals surface area (Å²) >= 11 is 0. The van der Waals surface area contributed by atoms with Gasteiger partial charge in [0.05, 0.1) is 25.4 Å². The summed E-state index contributed by atoms with van der Waals surface area (Å²) in [6.07, 6.45) is 4.87. The van der Waals surface area contributed by atoms with Crippen molar-refractivity contribution < 1.29 is 9.47 Å². The van der Waals surface area contributed by atoms with Gasteiger partial charge in [0.15, 0.2) is 0 Å². The second-order valence-electron chi connectivity index (χ2n) is 5.23. The van der Waals surface area contributed by atoms with Crippen LogP contribution < -0.4 is 5.73 Å². The number of hydrogen-bond acceptors (Lipinski definition) is 3. The molecule has 2 rings (SSSR count). The molecule has 0 saturated carbocycles. The average molecular weight is 263 g/mol. The van der Waals surface area contributed by atoms with Crippen molar-refractivity contribution in [3.8, 4) is 0 Å². The molecule has 1 saturated heterocycles. The van der Waals surface area contributed by atoms with Gasteiger partial charge in [-0.15, -0.1) is 0 Å². The zero-order valence-corrected chi connectivity index (χ0v) is 11.8. The maximum absolute atomic E-state index is 6.14. The Bertz CT molecular complexity index is 358. The van der Waals surface area contributed by atoms with Gasteiger partial charge in [-0.05, 0) is 36.8 Å². The van der Waals surface area contributed by atoms with E-state index in [2.05, 4.69) is 31.2 Å². The first-order valence-corrected chi connectivity index (χ1v) is 7.33. The van der Waals surface area contributed by atoms with Gasteiger partial charge < -0.3 is 15.2 Å². The Labute approximate surface area is 116 Å². The Morgan fingerprint density at radius 2 is 2.11 bits per heavy atom. The molecule has 0 aromatic heterocycles. The molecule has 1 heterocycles. The smallest absolute Gasteiger partial charge is 0.0808 e. The van der Waals surface area contributed by atoms with Gasteiger partial charge in [-0.3, -0.25) is 0 Å². The van der Waals surface area contributed by atoms with Crippen LogP contribution in [0.25, 0.3) is 0 Å². The van der Waals surface area contributed by atoms with Crippen molar-refractivity contribution in [1.29, 1.82) is 0 Å². The first kappa shape index (κ1) is 14.5. The third-order valence-electron chi connectivity index (χ3n) is 3.69. The van der Waals surface area contributed by atoms with Crippen LogP contribution in [0.1, 0.15) is 43.4 Å². The van der Waals surface area contributed by atoms with Crippen LogP contribution in [0.3, 0.4) is 0 Å². The van der Waals surface area contributed by atoms with E-state index < -0.39 is 0 Å². The predicted molar refractivity (Wildman–Crippen MR) is 77.2 cm³/mol. The predicted octanol–water partition coefficient (Wildman–Crippen LogP) is 2.83.